The molecular formula is C22H20FNO2. The molecule has 0 spiro atoms. The molecule has 3 rings (SSSR count). The van der Waals surface area contributed by atoms with Crippen LogP contribution in [0.5, 0.6) is 5.75 Å². The Hall–Kier alpha value is -3.14. The zero-order valence-electron chi connectivity index (χ0n) is 14.5. The van der Waals surface area contributed by atoms with Crippen molar-refractivity contribution in [3.63, 3.8) is 0 Å². The van der Waals surface area contributed by atoms with Crippen molar-refractivity contribution in [2.24, 2.45) is 0 Å². The highest BCUT2D eigenvalue weighted by Crippen LogP contribution is 2.35. The van der Waals surface area contributed by atoms with Crippen LogP contribution in [0.15, 0.2) is 60.7 Å². The van der Waals surface area contributed by atoms with Crippen LogP contribution >= 0.6 is 0 Å². The van der Waals surface area contributed by atoms with Crippen LogP contribution in [0.2, 0.25) is 0 Å². The number of rotatable bonds is 6. The number of aldehydes is 1. The minimum atomic E-state index is -0.315. The summed E-state index contributed by atoms with van der Waals surface area (Å²) in [5.74, 6) is 0.149. The molecule has 3 nitrogen and oxygen atoms in total. The third kappa shape index (κ3) is 3.75. The van der Waals surface area contributed by atoms with Crippen molar-refractivity contribution in [1.82, 2.24) is 0 Å². The predicted molar refractivity (Wildman–Crippen MR) is 102 cm³/mol. The first-order valence-electron chi connectivity index (χ1n) is 8.35. The van der Waals surface area contributed by atoms with Gasteiger partial charge in [-0.2, -0.15) is 0 Å². The Kier molecular flexibility index (Phi) is 5.32. The number of benzene rings is 3. The number of nitrogen functional groups attached to an aromatic ring is 1. The summed E-state index contributed by atoms with van der Waals surface area (Å²) in [5.41, 5.74) is 9.88. The summed E-state index contributed by atoms with van der Waals surface area (Å²) in [6.45, 7) is 0. The van der Waals surface area contributed by atoms with E-state index in [9.17, 15) is 4.79 Å². The lowest BCUT2D eigenvalue weighted by Crippen LogP contribution is -1.99. The fourth-order valence-corrected chi connectivity index (χ4v) is 2.98. The van der Waals surface area contributed by atoms with Gasteiger partial charge < -0.3 is 15.3 Å². The molecule has 0 saturated carbocycles. The number of anilines is 1. The Bertz CT molecular complexity index is 920. The number of carbonyl (C=O) groups is 1. The van der Waals surface area contributed by atoms with Crippen LogP contribution < -0.4 is 10.5 Å². The highest BCUT2D eigenvalue weighted by atomic mass is 19.1. The van der Waals surface area contributed by atoms with Gasteiger partial charge in [0.2, 0.25) is 0 Å². The van der Waals surface area contributed by atoms with Gasteiger partial charge in [0.15, 0.2) is 0 Å². The zero-order valence-corrected chi connectivity index (χ0v) is 14.5. The van der Waals surface area contributed by atoms with Gasteiger partial charge in [-0.15, -0.1) is 0 Å². The standard InChI is InChI=1S/C22H20FNO2/c1-26-20-10-7-18(14-16-5-8-19(24)9-6-16)22(23)21(20)17-4-2-3-15(13-17)11-12-25/h2-10,12-13H,11,14,24H2,1H3. The highest BCUT2D eigenvalue weighted by molar-refractivity contribution is 5.73. The predicted octanol–water partition coefficient (Wildman–Crippen LogP) is 4.42. The lowest BCUT2D eigenvalue weighted by atomic mass is 9.95. The molecule has 0 atom stereocenters. The normalized spacial score (nSPS) is 10.5. The van der Waals surface area contributed by atoms with Crippen LogP contribution in [-0.4, -0.2) is 13.4 Å². The first kappa shape index (κ1) is 17.7. The van der Waals surface area contributed by atoms with Gasteiger partial charge >= 0.3 is 0 Å². The molecule has 0 amide bonds. The van der Waals surface area contributed by atoms with E-state index in [2.05, 4.69) is 0 Å². The SMILES string of the molecule is COc1ccc(Cc2ccc(N)cc2)c(F)c1-c1cccc(CC=O)c1. The molecule has 0 aliphatic carbocycles. The number of hydrogen-bond acceptors (Lipinski definition) is 3. The van der Waals surface area contributed by atoms with E-state index in [4.69, 9.17) is 10.5 Å². The number of carbonyl (C=O) groups excluding carboxylic acids is 1. The van der Waals surface area contributed by atoms with Crippen LogP contribution in [0, 0.1) is 5.82 Å². The minimum Gasteiger partial charge on any atom is -0.496 e. The second kappa shape index (κ2) is 7.83. The molecule has 0 bridgehead atoms. The second-order valence-electron chi connectivity index (χ2n) is 6.11. The maximum absolute atomic E-state index is 15.3. The van der Waals surface area contributed by atoms with Gasteiger partial charge in [0, 0.05) is 18.5 Å². The van der Waals surface area contributed by atoms with Crippen LogP contribution in [0.25, 0.3) is 11.1 Å². The molecule has 4 heteroatoms. The minimum absolute atomic E-state index is 0.295. The number of ether oxygens (including phenoxy) is 1. The smallest absolute Gasteiger partial charge is 0.138 e. The van der Waals surface area contributed by atoms with Crippen molar-refractivity contribution in [2.45, 2.75) is 12.8 Å². The van der Waals surface area contributed by atoms with E-state index in [0.29, 0.717) is 41.0 Å². The fraction of sp³-hybridized carbons (Fsp3) is 0.136. The third-order valence-electron chi connectivity index (χ3n) is 4.31. The highest BCUT2D eigenvalue weighted by Gasteiger charge is 2.16. The van der Waals surface area contributed by atoms with E-state index < -0.39 is 0 Å². The molecule has 0 fully saturated rings. The number of methoxy groups -OCH3 is 1. The van der Waals surface area contributed by atoms with E-state index in [1.807, 2.05) is 36.4 Å². The van der Waals surface area contributed by atoms with Gasteiger partial charge in [0.25, 0.3) is 0 Å². The summed E-state index contributed by atoms with van der Waals surface area (Å²) in [6, 6.07) is 18.2. The molecule has 0 aliphatic rings. The Balaban J connectivity index is 2.05. The molecule has 132 valence electrons. The molecule has 0 unspecified atom stereocenters. The van der Waals surface area contributed by atoms with Crippen LogP contribution in [0.3, 0.4) is 0 Å². The average molecular weight is 349 g/mol. The number of hydrogen-bond donors (Lipinski definition) is 1. The molecule has 0 aromatic heterocycles. The molecule has 2 N–H and O–H groups in total. The summed E-state index contributed by atoms with van der Waals surface area (Å²) in [7, 11) is 1.52. The first-order valence-corrected chi connectivity index (χ1v) is 8.35. The molecule has 0 aliphatic heterocycles. The van der Waals surface area contributed by atoms with Crippen molar-refractivity contribution >= 4 is 12.0 Å². The molecule has 0 heterocycles. The van der Waals surface area contributed by atoms with Crippen molar-refractivity contribution in [3.05, 3.63) is 83.2 Å². The molecule has 0 saturated heterocycles. The summed E-state index contributed by atoms with van der Waals surface area (Å²) in [6.07, 6.45) is 1.59. The van der Waals surface area contributed by atoms with Crippen molar-refractivity contribution in [3.8, 4) is 16.9 Å². The third-order valence-corrected chi connectivity index (χ3v) is 4.31. The summed E-state index contributed by atoms with van der Waals surface area (Å²) in [4.78, 5) is 10.8. The lowest BCUT2D eigenvalue weighted by molar-refractivity contribution is -0.107. The summed E-state index contributed by atoms with van der Waals surface area (Å²) >= 11 is 0. The molecule has 26 heavy (non-hydrogen) atoms. The van der Waals surface area contributed by atoms with E-state index in [1.54, 1.807) is 24.3 Å². The van der Waals surface area contributed by atoms with Gasteiger partial charge in [0.05, 0.1) is 12.7 Å². The van der Waals surface area contributed by atoms with E-state index in [0.717, 1.165) is 17.4 Å². The topological polar surface area (TPSA) is 52.3 Å². The van der Waals surface area contributed by atoms with Crippen LogP contribution in [0.1, 0.15) is 16.7 Å². The summed E-state index contributed by atoms with van der Waals surface area (Å²) in [5, 5.41) is 0. The molecule has 0 radical (unpaired) electrons. The Morgan fingerprint density at radius 3 is 2.50 bits per heavy atom. The van der Waals surface area contributed by atoms with Crippen molar-refractivity contribution in [1.29, 1.82) is 0 Å². The monoisotopic (exact) mass is 349 g/mol. The van der Waals surface area contributed by atoms with Gasteiger partial charge in [-0.1, -0.05) is 42.5 Å². The van der Waals surface area contributed by atoms with E-state index in [-0.39, 0.29) is 5.82 Å². The van der Waals surface area contributed by atoms with Crippen molar-refractivity contribution in [2.75, 3.05) is 12.8 Å². The fourth-order valence-electron chi connectivity index (χ4n) is 2.98. The quantitative estimate of drug-likeness (QED) is 0.529. The number of nitrogens with two attached hydrogens (primary N) is 1. The number of halogens is 1. The van der Waals surface area contributed by atoms with Gasteiger partial charge in [0.1, 0.15) is 17.9 Å². The Labute approximate surface area is 152 Å². The molecule has 3 aromatic rings. The Morgan fingerprint density at radius 1 is 1.04 bits per heavy atom. The van der Waals surface area contributed by atoms with Gasteiger partial charge in [-0.25, -0.2) is 4.39 Å². The van der Waals surface area contributed by atoms with Crippen LogP contribution in [-0.2, 0) is 17.6 Å². The first-order chi connectivity index (χ1) is 12.6. The van der Waals surface area contributed by atoms with Crippen LogP contribution in [0.4, 0.5) is 10.1 Å². The van der Waals surface area contributed by atoms with E-state index >= 15 is 4.39 Å². The van der Waals surface area contributed by atoms with Gasteiger partial charge in [-0.3, -0.25) is 0 Å². The summed E-state index contributed by atoms with van der Waals surface area (Å²) < 4.78 is 20.7. The van der Waals surface area contributed by atoms with Gasteiger partial charge in [-0.05, 0) is 40.5 Å². The van der Waals surface area contributed by atoms with E-state index in [1.165, 1.54) is 7.11 Å². The average Bonchev–Trinajstić information content (AvgIpc) is 2.65. The zero-order chi connectivity index (χ0) is 18.5. The Morgan fingerprint density at radius 2 is 1.81 bits per heavy atom. The molecule has 3 aromatic carbocycles. The maximum atomic E-state index is 15.3. The molecular weight excluding hydrogens is 329 g/mol. The van der Waals surface area contributed by atoms with Crippen molar-refractivity contribution < 1.29 is 13.9 Å². The second-order valence-corrected chi connectivity index (χ2v) is 6.11. The maximum Gasteiger partial charge on any atom is 0.138 e. The lowest BCUT2D eigenvalue weighted by Gasteiger charge is -2.14. The largest absolute Gasteiger partial charge is 0.496 e.